The van der Waals surface area contributed by atoms with Gasteiger partial charge in [0.1, 0.15) is 11.8 Å². The number of hydrogen-bond donors (Lipinski definition) is 2. The quantitative estimate of drug-likeness (QED) is 0.285. The highest BCUT2D eigenvalue weighted by molar-refractivity contribution is 6.00. The molecule has 26 heavy (non-hydrogen) atoms. The SMILES string of the molecule is COc1cc(C(=O)N2C[C@H](O)C[C@H]2C=O)c([N+](=O)[O-])cc1OCCCN. The number of aliphatic hydroxyl groups excluding tert-OH is 1. The van der Waals surface area contributed by atoms with Crippen LogP contribution in [-0.4, -0.2) is 66.1 Å². The van der Waals surface area contributed by atoms with Crippen LogP contribution in [0.3, 0.4) is 0 Å². The van der Waals surface area contributed by atoms with Crippen molar-refractivity contribution in [3.05, 3.63) is 27.8 Å². The summed E-state index contributed by atoms with van der Waals surface area (Å²) in [6, 6.07) is 1.50. The van der Waals surface area contributed by atoms with E-state index in [-0.39, 0.29) is 36.6 Å². The number of nitrogens with zero attached hydrogens (tertiary/aromatic N) is 2. The maximum Gasteiger partial charge on any atom is 0.286 e. The zero-order valence-corrected chi connectivity index (χ0v) is 14.3. The zero-order valence-electron chi connectivity index (χ0n) is 14.3. The van der Waals surface area contributed by atoms with Crippen LogP contribution in [0.1, 0.15) is 23.2 Å². The van der Waals surface area contributed by atoms with Gasteiger partial charge in [-0.3, -0.25) is 14.9 Å². The number of carbonyl (C=O) groups is 2. The Hall–Kier alpha value is -2.72. The van der Waals surface area contributed by atoms with E-state index in [1.54, 1.807) is 0 Å². The fourth-order valence-corrected chi connectivity index (χ4v) is 2.77. The first-order valence-electron chi connectivity index (χ1n) is 8.06. The third-order valence-corrected chi connectivity index (χ3v) is 4.05. The van der Waals surface area contributed by atoms with Crippen molar-refractivity contribution >= 4 is 17.9 Å². The van der Waals surface area contributed by atoms with E-state index in [0.29, 0.717) is 19.3 Å². The Bertz CT molecular complexity index is 695. The van der Waals surface area contributed by atoms with E-state index in [1.165, 1.54) is 13.2 Å². The van der Waals surface area contributed by atoms with E-state index in [9.17, 15) is 24.8 Å². The molecule has 1 aliphatic heterocycles. The summed E-state index contributed by atoms with van der Waals surface area (Å²) in [6.07, 6.45) is 0.334. The molecule has 3 N–H and O–H groups in total. The van der Waals surface area contributed by atoms with Gasteiger partial charge in [0, 0.05) is 19.0 Å². The standard InChI is InChI=1S/C16H21N3O7/c1-25-14-6-12(16(22)18-8-11(21)5-10(18)9-20)13(19(23)24)7-15(14)26-4-2-3-17/h6-7,9-11,21H,2-5,8,17H2,1H3/t10-,11+/m0/s1. The van der Waals surface area contributed by atoms with E-state index in [1.807, 2.05) is 0 Å². The number of benzene rings is 1. The first kappa shape index (κ1) is 19.6. The Labute approximate surface area is 149 Å². The number of rotatable bonds is 8. The van der Waals surface area contributed by atoms with Crippen molar-refractivity contribution in [1.82, 2.24) is 4.90 Å². The van der Waals surface area contributed by atoms with Crippen LogP contribution in [0.4, 0.5) is 5.69 Å². The Morgan fingerprint density at radius 1 is 1.50 bits per heavy atom. The molecule has 0 spiro atoms. The first-order valence-corrected chi connectivity index (χ1v) is 8.06. The third-order valence-electron chi connectivity index (χ3n) is 4.05. The predicted molar refractivity (Wildman–Crippen MR) is 90.3 cm³/mol. The van der Waals surface area contributed by atoms with Crippen molar-refractivity contribution in [2.24, 2.45) is 5.73 Å². The molecule has 1 saturated heterocycles. The summed E-state index contributed by atoms with van der Waals surface area (Å²) in [4.78, 5) is 35.8. The summed E-state index contributed by atoms with van der Waals surface area (Å²) in [5.74, 6) is -0.451. The number of aliphatic hydroxyl groups is 1. The normalized spacial score (nSPS) is 19.3. The van der Waals surface area contributed by atoms with Gasteiger partial charge in [-0.25, -0.2) is 0 Å². The molecule has 1 aromatic rings. The number of carbonyl (C=O) groups excluding carboxylic acids is 2. The lowest BCUT2D eigenvalue weighted by atomic mass is 10.1. The molecule has 1 aliphatic rings. The van der Waals surface area contributed by atoms with Gasteiger partial charge in [0.2, 0.25) is 0 Å². The highest BCUT2D eigenvalue weighted by atomic mass is 16.6. The molecule has 0 bridgehead atoms. The number of nitro benzene ring substituents is 1. The van der Waals surface area contributed by atoms with Gasteiger partial charge in [-0.05, 0) is 13.0 Å². The molecule has 2 rings (SSSR count). The topological polar surface area (TPSA) is 145 Å². The Morgan fingerprint density at radius 2 is 2.23 bits per heavy atom. The zero-order chi connectivity index (χ0) is 19.3. The summed E-state index contributed by atoms with van der Waals surface area (Å²) < 4.78 is 10.6. The lowest BCUT2D eigenvalue weighted by molar-refractivity contribution is -0.385. The van der Waals surface area contributed by atoms with E-state index < -0.39 is 28.7 Å². The molecule has 1 fully saturated rings. The highest BCUT2D eigenvalue weighted by Gasteiger charge is 2.37. The summed E-state index contributed by atoms with van der Waals surface area (Å²) in [5, 5.41) is 21.1. The lowest BCUT2D eigenvalue weighted by Crippen LogP contribution is -2.37. The maximum atomic E-state index is 12.8. The minimum Gasteiger partial charge on any atom is -0.493 e. The van der Waals surface area contributed by atoms with Crippen LogP contribution in [0.15, 0.2) is 12.1 Å². The van der Waals surface area contributed by atoms with Crippen LogP contribution in [-0.2, 0) is 4.79 Å². The van der Waals surface area contributed by atoms with Crippen molar-refractivity contribution in [3.8, 4) is 11.5 Å². The van der Waals surface area contributed by atoms with Crippen LogP contribution in [0.5, 0.6) is 11.5 Å². The van der Waals surface area contributed by atoms with Gasteiger partial charge >= 0.3 is 0 Å². The van der Waals surface area contributed by atoms with Gasteiger partial charge < -0.3 is 30.0 Å². The lowest BCUT2D eigenvalue weighted by Gasteiger charge is -2.21. The van der Waals surface area contributed by atoms with E-state index in [0.717, 1.165) is 11.0 Å². The Morgan fingerprint density at radius 3 is 2.81 bits per heavy atom. The van der Waals surface area contributed by atoms with Gasteiger partial charge in [0.05, 0.1) is 36.9 Å². The molecule has 0 aliphatic carbocycles. The number of ether oxygens (including phenoxy) is 2. The van der Waals surface area contributed by atoms with E-state index in [2.05, 4.69) is 0 Å². The van der Waals surface area contributed by atoms with Crippen LogP contribution in [0, 0.1) is 10.1 Å². The number of nitrogens with two attached hydrogens (primary N) is 1. The summed E-state index contributed by atoms with van der Waals surface area (Å²) in [7, 11) is 1.35. The molecule has 10 nitrogen and oxygen atoms in total. The monoisotopic (exact) mass is 367 g/mol. The number of nitro groups is 1. The van der Waals surface area contributed by atoms with Gasteiger partial charge in [0.25, 0.3) is 11.6 Å². The predicted octanol–water partition coefficient (Wildman–Crippen LogP) is 0.105. The molecule has 0 radical (unpaired) electrons. The largest absolute Gasteiger partial charge is 0.493 e. The smallest absolute Gasteiger partial charge is 0.286 e. The van der Waals surface area contributed by atoms with Crippen molar-refractivity contribution in [2.75, 3.05) is 26.8 Å². The fourth-order valence-electron chi connectivity index (χ4n) is 2.77. The summed E-state index contributed by atoms with van der Waals surface area (Å²) >= 11 is 0. The van der Waals surface area contributed by atoms with Crippen molar-refractivity contribution in [1.29, 1.82) is 0 Å². The third kappa shape index (κ3) is 4.09. The second-order valence-corrected chi connectivity index (χ2v) is 5.82. The van der Waals surface area contributed by atoms with Gasteiger partial charge in [0.15, 0.2) is 11.5 Å². The van der Waals surface area contributed by atoms with Gasteiger partial charge in [-0.15, -0.1) is 0 Å². The molecule has 2 atom stereocenters. The van der Waals surface area contributed by atoms with Crippen molar-refractivity contribution in [2.45, 2.75) is 25.0 Å². The van der Waals surface area contributed by atoms with Crippen LogP contribution in [0.25, 0.3) is 0 Å². The molecule has 1 amide bonds. The average Bonchev–Trinajstić information content (AvgIpc) is 3.01. The van der Waals surface area contributed by atoms with Gasteiger partial charge in [-0.2, -0.15) is 0 Å². The average molecular weight is 367 g/mol. The molecule has 1 heterocycles. The maximum absolute atomic E-state index is 12.8. The summed E-state index contributed by atoms with van der Waals surface area (Å²) in [5.41, 5.74) is 4.69. The highest BCUT2D eigenvalue weighted by Crippen LogP contribution is 2.36. The van der Waals surface area contributed by atoms with Crippen LogP contribution < -0.4 is 15.2 Å². The van der Waals surface area contributed by atoms with E-state index >= 15 is 0 Å². The number of amides is 1. The minimum atomic E-state index is -0.853. The Balaban J connectivity index is 2.41. The molecule has 0 saturated carbocycles. The first-order chi connectivity index (χ1) is 12.4. The number of likely N-dealkylation sites (tertiary alicyclic amines) is 1. The summed E-state index contributed by atoms with van der Waals surface area (Å²) in [6.45, 7) is 0.560. The van der Waals surface area contributed by atoms with Crippen molar-refractivity contribution in [3.63, 3.8) is 0 Å². The van der Waals surface area contributed by atoms with Crippen LogP contribution in [0.2, 0.25) is 0 Å². The van der Waals surface area contributed by atoms with E-state index in [4.69, 9.17) is 15.2 Å². The van der Waals surface area contributed by atoms with Gasteiger partial charge in [-0.1, -0.05) is 0 Å². The Kier molecular flexibility index (Phi) is 6.47. The molecule has 1 aromatic carbocycles. The number of hydrogen-bond acceptors (Lipinski definition) is 8. The number of methoxy groups -OCH3 is 1. The fraction of sp³-hybridized carbons (Fsp3) is 0.500. The molecule has 10 heteroatoms. The second kappa shape index (κ2) is 8.59. The van der Waals surface area contributed by atoms with Crippen molar-refractivity contribution < 1.29 is 29.1 Å². The number of aldehydes is 1. The van der Waals surface area contributed by atoms with Crippen LogP contribution >= 0.6 is 0 Å². The minimum absolute atomic E-state index is 0.0730. The number of β-amino-alcohol motifs (C(OH)–C–C–N with tert-alkyl or cyclic N) is 1. The molecule has 142 valence electrons. The second-order valence-electron chi connectivity index (χ2n) is 5.82. The molecular weight excluding hydrogens is 346 g/mol. The molecular formula is C16H21N3O7. The molecule has 0 aromatic heterocycles. The molecule has 0 unspecified atom stereocenters.